The zero-order valence-corrected chi connectivity index (χ0v) is 5.70. The van der Waals surface area contributed by atoms with E-state index >= 15 is 0 Å². The molecule has 0 radical (unpaired) electrons. The van der Waals surface area contributed by atoms with Crippen LogP contribution >= 0.6 is 11.6 Å². The van der Waals surface area contributed by atoms with Crippen molar-refractivity contribution in [1.29, 1.82) is 0 Å². The molecule has 0 aliphatic rings. The molecule has 0 aliphatic carbocycles. The van der Waals surface area contributed by atoms with Crippen molar-refractivity contribution in [2.45, 2.75) is 13.3 Å². The molecule has 46 valence electrons. The molecule has 0 aliphatic heterocycles. The van der Waals surface area contributed by atoms with Crippen LogP contribution in [0.1, 0.15) is 13.3 Å². The van der Waals surface area contributed by atoms with Crippen LogP contribution in [0, 0.1) is 0 Å². The zero-order valence-electron chi connectivity index (χ0n) is 4.95. The van der Waals surface area contributed by atoms with Gasteiger partial charge in [0.2, 0.25) is 0 Å². The van der Waals surface area contributed by atoms with Crippen molar-refractivity contribution in [3.63, 3.8) is 0 Å². The number of nitrogens with two attached hydrogens (primary N) is 1. The summed E-state index contributed by atoms with van der Waals surface area (Å²) in [4.78, 5) is 0. The topological polar surface area (TPSA) is 26.0 Å². The van der Waals surface area contributed by atoms with E-state index < -0.39 is 0 Å². The van der Waals surface area contributed by atoms with E-state index in [1.807, 2.05) is 13.0 Å². The van der Waals surface area contributed by atoms with E-state index in [9.17, 15) is 0 Å². The van der Waals surface area contributed by atoms with E-state index in [0.29, 0.717) is 10.7 Å². The second-order valence-electron chi connectivity index (χ2n) is 1.49. The van der Waals surface area contributed by atoms with E-state index in [2.05, 4.69) is 6.58 Å². The minimum atomic E-state index is 0.438. The third kappa shape index (κ3) is 2.69. The SMILES string of the molecule is C=C(N)/C(Cl)=C\CC. The van der Waals surface area contributed by atoms with Crippen molar-refractivity contribution in [1.82, 2.24) is 0 Å². The maximum Gasteiger partial charge on any atom is 0.0589 e. The van der Waals surface area contributed by atoms with Gasteiger partial charge in [-0.2, -0.15) is 0 Å². The Kier molecular flexibility index (Phi) is 3.37. The molecule has 1 nitrogen and oxygen atoms in total. The average Bonchev–Trinajstić information content (AvgIpc) is 1.67. The zero-order chi connectivity index (χ0) is 6.57. The van der Waals surface area contributed by atoms with Crippen LogP contribution in [0.15, 0.2) is 23.4 Å². The normalized spacial score (nSPS) is 11.5. The van der Waals surface area contributed by atoms with Crippen LogP contribution in [0.3, 0.4) is 0 Å². The number of halogens is 1. The highest BCUT2D eigenvalue weighted by molar-refractivity contribution is 6.31. The fraction of sp³-hybridized carbons (Fsp3) is 0.333. The van der Waals surface area contributed by atoms with Crippen molar-refractivity contribution in [3.8, 4) is 0 Å². The second kappa shape index (κ2) is 3.56. The largest absolute Gasteiger partial charge is 0.398 e. The summed E-state index contributed by atoms with van der Waals surface area (Å²) in [5, 5.41) is 0.563. The minimum Gasteiger partial charge on any atom is -0.398 e. The van der Waals surface area contributed by atoms with E-state index in [0.717, 1.165) is 6.42 Å². The third-order valence-electron chi connectivity index (χ3n) is 0.690. The lowest BCUT2D eigenvalue weighted by atomic mass is 10.4. The summed E-state index contributed by atoms with van der Waals surface area (Å²) in [5.74, 6) is 0. The molecule has 8 heavy (non-hydrogen) atoms. The lowest BCUT2D eigenvalue weighted by molar-refractivity contribution is 1.21. The second-order valence-corrected chi connectivity index (χ2v) is 1.89. The molecule has 0 amide bonds. The monoisotopic (exact) mass is 131 g/mol. The Morgan fingerprint density at radius 2 is 2.38 bits per heavy atom. The van der Waals surface area contributed by atoms with Crippen molar-refractivity contribution >= 4 is 11.6 Å². The van der Waals surface area contributed by atoms with Gasteiger partial charge in [0.1, 0.15) is 0 Å². The van der Waals surface area contributed by atoms with Gasteiger partial charge in [-0.05, 0) is 6.42 Å². The highest BCUT2D eigenvalue weighted by Crippen LogP contribution is 2.07. The molecule has 0 aromatic carbocycles. The molecule has 0 rings (SSSR count). The molecule has 0 spiro atoms. The van der Waals surface area contributed by atoms with Gasteiger partial charge in [-0.25, -0.2) is 0 Å². The van der Waals surface area contributed by atoms with Crippen LogP contribution in [-0.4, -0.2) is 0 Å². The molecule has 0 fully saturated rings. The molecule has 0 aromatic rings. The Bertz CT molecular complexity index is 116. The van der Waals surface area contributed by atoms with E-state index in [4.69, 9.17) is 17.3 Å². The first-order valence-electron chi connectivity index (χ1n) is 2.49. The quantitative estimate of drug-likeness (QED) is 0.570. The number of hydrogen-bond acceptors (Lipinski definition) is 1. The number of allylic oxidation sites excluding steroid dienone is 2. The maximum absolute atomic E-state index is 5.55. The molecule has 0 heterocycles. The van der Waals surface area contributed by atoms with Gasteiger partial charge in [-0.15, -0.1) is 0 Å². The summed E-state index contributed by atoms with van der Waals surface area (Å²) in [6, 6.07) is 0. The molecule has 0 atom stereocenters. The summed E-state index contributed by atoms with van der Waals surface area (Å²) < 4.78 is 0. The lowest BCUT2D eigenvalue weighted by Gasteiger charge is -1.91. The highest BCUT2D eigenvalue weighted by Gasteiger charge is 1.87. The Morgan fingerprint density at radius 3 is 2.50 bits per heavy atom. The van der Waals surface area contributed by atoms with Gasteiger partial charge in [-0.3, -0.25) is 0 Å². The molecule has 0 saturated heterocycles. The van der Waals surface area contributed by atoms with E-state index in [1.165, 1.54) is 0 Å². The summed E-state index contributed by atoms with van der Waals surface area (Å²) in [6.07, 6.45) is 2.72. The van der Waals surface area contributed by atoms with Crippen LogP contribution < -0.4 is 5.73 Å². The van der Waals surface area contributed by atoms with Gasteiger partial charge >= 0.3 is 0 Å². The average molecular weight is 132 g/mol. The first-order valence-corrected chi connectivity index (χ1v) is 2.86. The van der Waals surface area contributed by atoms with Crippen LogP contribution in [0.25, 0.3) is 0 Å². The van der Waals surface area contributed by atoms with Crippen molar-refractivity contribution in [2.24, 2.45) is 5.73 Å². The first-order chi connectivity index (χ1) is 3.68. The number of rotatable bonds is 2. The lowest BCUT2D eigenvalue weighted by Crippen LogP contribution is -1.93. The Labute approximate surface area is 54.8 Å². The fourth-order valence-electron chi connectivity index (χ4n) is 0.310. The molecule has 2 N–H and O–H groups in total. The standard InChI is InChI=1S/C6H10ClN/c1-3-4-6(7)5(2)8/h4H,2-3,8H2,1H3/b6-4+. The van der Waals surface area contributed by atoms with Gasteiger partial charge in [-0.1, -0.05) is 31.2 Å². The van der Waals surface area contributed by atoms with Gasteiger partial charge < -0.3 is 5.73 Å². The van der Waals surface area contributed by atoms with Crippen LogP contribution in [0.4, 0.5) is 0 Å². The van der Waals surface area contributed by atoms with Crippen molar-refractivity contribution < 1.29 is 0 Å². The molecule has 0 aromatic heterocycles. The fourth-order valence-corrected chi connectivity index (χ4v) is 0.465. The minimum absolute atomic E-state index is 0.438. The predicted molar refractivity (Wildman–Crippen MR) is 37.6 cm³/mol. The summed E-state index contributed by atoms with van der Waals surface area (Å²) in [6.45, 7) is 5.44. The smallest absolute Gasteiger partial charge is 0.0589 e. The van der Waals surface area contributed by atoms with E-state index in [-0.39, 0.29) is 0 Å². The van der Waals surface area contributed by atoms with Gasteiger partial charge in [0.25, 0.3) is 0 Å². The summed E-state index contributed by atoms with van der Waals surface area (Å²) in [7, 11) is 0. The third-order valence-corrected chi connectivity index (χ3v) is 1.09. The highest BCUT2D eigenvalue weighted by atomic mass is 35.5. The first kappa shape index (κ1) is 7.57. The molecular weight excluding hydrogens is 122 g/mol. The van der Waals surface area contributed by atoms with Gasteiger partial charge in [0.15, 0.2) is 0 Å². The Balaban J connectivity index is 3.80. The summed E-state index contributed by atoms with van der Waals surface area (Å²) >= 11 is 5.55. The number of hydrogen-bond donors (Lipinski definition) is 1. The molecular formula is C6H10ClN. The van der Waals surface area contributed by atoms with Gasteiger partial charge in [0.05, 0.1) is 5.03 Å². The van der Waals surface area contributed by atoms with Crippen LogP contribution in [-0.2, 0) is 0 Å². The Hall–Kier alpha value is -0.430. The van der Waals surface area contributed by atoms with Crippen LogP contribution in [0.2, 0.25) is 0 Å². The maximum atomic E-state index is 5.55. The molecule has 0 bridgehead atoms. The van der Waals surface area contributed by atoms with Gasteiger partial charge in [0, 0.05) is 5.70 Å². The van der Waals surface area contributed by atoms with Crippen LogP contribution in [0.5, 0.6) is 0 Å². The molecule has 0 saturated carbocycles. The van der Waals surface area contributed by atoms with E-state index in [1.54, 1.807) is 0 Å². The van der Waals surface area contributed by atoms with Crippen molar-refractivity contribution in [3.05, 3.63) is 23.4 Å². The molecule has 0 unspecified atom stereocenters. The predicted octanol–water partition coefficient (Wildman–Crippen LogP) is 1.99. The Morgan fingerprint density at radius 1 is 1.88 bits per heavy atom. The molecule has 2 heteroatoms. The summed E-state index contributed by atoms with van der Waals surface area (Å²) in [5.41, 5.74) is 5.67. The van der Waals surface area contributed by atoms with Crippen molar-refractivity contribution in [2.75, 3.05) is 0 Å².